The summed E-state index contributed by atoms with van der Waals surface area (Å²) in [7, 11) is 0. The Morgan fingerprint density at radius 2 is 1.93 bits per heavy atom. The number of ketones is 1. The molecule has 0 aromatic carbocycles. The number of hydrogen-bond donors (Lipinski definition) is 0. The predicted octanol–water partition coefficient (Wildman–Crippen LogP) is 3.28. The predicted molar refractivity (Wildman–Crippen MR) is 104 cm³/mol. The zero-order valence-corrected chi connectivity index (χ0v) is 17.3. The van der Waals surface area contributed by atoms with Crippen LogP contribution in [0, 0.1) is 34.5 Å². The molecule has 3 fully saturated rings. The highest BCUT2D eigenvalue weighted by Crippen LogP contribution is 2.66. The van der Waals surface area contributed by atoms with E-state index < -0.39 is 12.6 Å². The average Bonchev–Trinajstić information content (AvgIpc) is 2.99. The third-order valence-corrected chi connectivity index (χ3v) is 8.83. The quantitative estimate of drug-likeness (QED) is 0.695. The number of carboxylic acid groups (broad SMARTS) is 1. The molecule has 0 radical (unpaired) electrons. The first-order valence-corrected chi connectivity index (χ1v) is 10.9. The first-order valence-electron chi connectivity index (χ1n) is 10.9. The molecule has 4 aliphatic rings. The van der Waals surface area contributed by atoms with Gasteiger partial charge in [-0.25, -0.2) is 0 Å². The Balaban J connectivity index is 1.55. The number of carbonyl (C=O) groups is 2. The lowest BCUT2D eigenvalue weighted by molar-refractivity contribution is -0.309. The van der Waals surface area contributed by atoms with Crippen molar-refractivity contribution in [1.29, 1.82) is 0 Å². The van der Waals surface area contributed by atoms with Gasteiger partial charge in [0.15, 0.2) is 6.61 Å². The number of Topliss-reactive ketones (excluding diaryl/α,β-unsaturated/α-hetero) is 1. The van der Waals surface area contributed by atoms with Crippen molar-refractivity contribution < 1.29 is 19.5 Å². The van der Waals surface area contributed by atoms with E-state index in [9.17, 15) is 14.7 Å². The molecule has 0 amide bonds. The number of fused-ring (bicyclic) bond motifs is 5. The van der Waals surface area contributed by atoms with Crippen LogP contribution in [0.15, 0.2) is 16.8 Å². The number of hydrogen-bond acceptors (Lipinski definition) is 5. The molecule has 4 aliphatic carbocycles. The molecule has 4 rings (SSSR count). The summed E-state index contributed by atoms with van der Waals surface area (Å²) in [5, 5.41) is 14.5. The molecule has 0 heterocycles. The summed E-state index contributed by atoms with van der Waals surface area (Å²) < 4.78 is 0. The maximum atomic E-state index is 12.2. The summed E-state index contributed by atoms with van der Waals surface area (Å²) in [4.78, 5) is 27.7. The van der Waals surface area contributed by atoms with E-state index in [0.717, 1.165) is 37.3 Å². The monoisotopic (exact) mass is 386 g/mol. The SMILES string of the molecule is CC(=O)[C@@H]1CC[C@@H]2[C@H]3CCC4=CC(=NOCC(=O)[O-])CC[C@]4(C)[C@@H]3CC[C@@]21C. The van der Waals surface area contributed by atoms with E-state index in [1.807, 2.05) is 0 Å². The summed E-state index contributed by atoms with van der Waals surface area (Å²) in [6, 6.07) is 0. The van der Waals surface area contributed by atoms with Crippen LogP contribution < -0.4 is 5.11 Å². The van der Waals surface area contributed by atoms with Crippen LogP contribution in [0.5, 0.6) is 0 Å². The molecular formula is C23H32NO4-. The zero-order chi connectivity index (χ0) is 20.1. The van der Waals surface area contributed by atoms with Gasteiger partial charge in [0, 0.05) is 5.92 Å². The first kappa shape index (κ1) is 19.7. The van der Waals surface area contributed by atoms with Gasteiger partial charge >= 0.3 is 0 Å². The van der Waals surface area contributed by atoms with E-state index in [0.29, 0.717) is 17.6 Å². The third kappa shape index (κ3) is 3.02. The Kier molecular flexibility index (Phi) is 4.91. The van der Waals surface area contributed by atoms with Gasteiger partial charge in [-0.1, -0.05) is 24.6 Å². The van der Waals surface area contributed by atoms with Gasteiger partial charge in [0.2, 0.25) is 0 Å². The summed E-state index contributed by atoms with van der Waals surface area (Å²) in [6.45, 7) is 6.11. The van der Waals surface area contributed by atoms with E-state index in [2.05, 4.69) is 25.1 Å². The van der Waals surface area contributed by atoms with Gasteiger partial charge in [0.05, 0.1) is 11.7 Å². The van der Waals surface area contributed by atoms with Gasteiger partial charge in [-0.3, -0.25) is 4.79 Å². The largest absolute Gasteiger partial charge is 0.546 e. The van der Waals surface area contributed by atoms with Crippen LogP contribution in [-0.2, 0) is 14.4 Å². The molecule has 5 heteroatoms. The van der Waals surface area contributed by atoms with Crippen LogP contribution in [0.4, 0.5) is 0 Å². The van der Waals surface area contributed by atoms with E-state index in [-0.39, 0.29) is 16.7 Å². The van der Waals surface area contributed by atoms with Crippen LogP contribution in [0.25, 0.3) is 0 Å². The Labute approximate surface area is 167 Å². The molecule has 0 spiro atoms. The van der Waals surface area contributed by atoms with E-state index in [1.54, 1.807) is 6.92 Å². The van der Waals surface area contributed by atoms with Crippen molar-refractivity contribution in [3.63, 3.8) is 0 Å². The zero-order valence-electron chi connectivity index (χ0n) is 17.3. The van der Waals surface area contributed by atoms with Crippen LogP contribution in [0.3, 0.4) is 0 Å². The van der Waals surface area contributed by atoms with E-state index in [1.165, 1.54) is 31.3 Å². The molecular weight excluding hydrogens is 354 g/mol. The lowest BCUT2D eigenvalue weighted by atomic mass is 9.46. The molecule has 28 heavy (non-hydrogen) atoms. The molecule has 0 N–H and O–H groups in total. The van der Waals surface area contributed by atoms with Crippen LogP contribution in [0.2, 0.25) is 0 Å². The second-order valence-electron chi connectivity index (χ2n) is 10.0. The van der Waals surface area contributed by atoms with Crippen molar-refractivity contribution >= 4 is 17.5 Å². The number of allylic oxidation sites excluding steroid dienone is 2. The number of rotatable bonds is 4. The second-order valence-corrected chi connectivity index (χ2v) is 10.0. The summed E-state index contributed by atoms with van der Waals surface area (Å²) in [5.74, 6) is 1.49. The normalized spacial score (nSPS) is 43.5. The summed E-state index contributed by atoms with van der Waals surface area (Å²) >= 11 is 0. The van der Waals surface area contributed by atoms with Crippen LogP contribution in [0.1, 0.15) is 72.1 Å². The minimum Gasteiger partial charge on any atom is -0.546 e. The minimum atomic E-state index is -1.25. The summed E-state index contributed by atoms with van der Waals surface area (Å²) in [5.41, 5.74) is 2.71. The molecule has 0 aliphatic heterocycles. The summed E-state index contributed by atoms with van der Waals surface area (Å²) in [6.07, 6.45) is 11.0. The van der Waals surface area contributed by atoms with Gasteiger partial charge < -0.3 is 14.7 Å². The van der Waals surface area contributed by atoms with Crippen molar-refractivity contribution in [3.8, 4) is 0 Å². The van der Waals surface area contributed by atoms with Crippen LogP contribution in [-0.4, -0.2) is 24.1 Å². The molecule has 5 nitrogen and oxygen atoms in total. The maximum absolute atomic E-state index is 12.2. The first-order chi connectivity index (χ1) is 13.3. The standard InChI is InChI=1S/C23H33NO4/c1-14(25)18-6-7-19-17-5-4-15-12-16(24-28-13-21(26)27)8-10-22(15,2)20(17)9-11-23(18,19)3/h12,17-20H,4-11,13H2,1-3H3,(H,26,27)/p-1/t17-,18+,19-,20-,22+,23-/m1/s1. The van der Waals surface area contributed by atoms with Crippen molar-refractivity contribution in [3.05, 3.63) is 11.6 Å². The van der Waals surface area contributed by atoms with Gasteiger partial charge in [-0.05, 0) is 93.0 Å². The average molecular weight is 387 g/mol. The van der Waals surface area contributed by atoms with E-state index >= 15 is 0 Å². The van der Waals surface area contributed by atoms with Gasteiger partial charge in [0.25, 0.3) is 0 Å². The van der Waals surface area contributed by atoms with Gasteiger partial charge in [0.1, 0.15) is 5.78 Å². The lowest BCUT2D eigenvalue weighted by Crippen LogP contribution is -2.51. The number of carboxylic acids is 1. The Hall–Kier alpha value is -1.65. The number of oxime groups is 1. The highest BCUT2D eigenvalue weighted by Gasteiger charge is 2.59. The number of carbonyl (C=O) groups excluding carboxylic acids is 2. The molecule has 0 bridgehead atoms. The lowest BCUT2D eigenvalue weighted by Gasteiger charge is -2.58. The molecule has 0 saturated heterocycles. The minimum absolute atomic E-state index is 0.199. The fraction of sp³-hybridized carbons (Fsp3) is 0.783. The van der Waals surface area contributed by atoms with Gasteiger partial charge in [-0.15, -0.1) is 0 Å². The van der Waals surface area contributed by atoms with Crippen molar-refractivity contribution in [2.75, 3.05) is 6.61 Å². The highest BCUT2D eigenvalue weighted by atomic mass is 16.6. The van der Waals surface area contributed by atoms with Crippen molar-refractivity contribution in [1.82, 2.24) is 0 Å². The fourth-order valence-corrected chi connectivity index (χ4v) is 7.48. The Bertz CT molecular complexity index is 741. The molecule has 3 saturated carbocycles. The Morgan fingerprint density at radius 1 is 1.14 bits per heavy atom. The van der Waals surface area contributed by atoms with Crippen molar-refractivity contribution in [2.24, 2.45) is 39.7 Å². The molecule has 154 valence electrons. The van der Waals surface area contributed by atoms with E-state index in [4.69, 9.17) is 4.84 Å². The smallest absolute Gasteiger partial charge is 0.156 e. The Morgan fingerprint density at radius 3 is 2.64 bits per heavy atom. The highest BCUT2D eigenvalue weighted by molar-refractivity contribution is 5.96. The molecule has 0 unspecified atom stereocenters. The molecule has 0 aromatic rings. The maximum Gasteiger partial charge on any atom is 0.156 e. The molecule has 0 aromatic heterocycles. The third-order valence-electron chi connectivity index (χ3n) is 8.83. The molecule has 6 atom stereocenters. The number of nitrogens with zero attached hydrogens (tertiary/aromatic N) is 1. The fourth-order valence-electron chi connectivity index (χ4n) is 7.48. The van der Waals surface area contributed by atoms with Gasteiger partial charge in [-0.2, -0.15) is 0 Å². The number of aliphatic carboxylic acids is 1. The topological polar surface area (TPSA) is 78.8 Å². The van der Waals surface area contributed by atoms with Crippen molar-refractivity contribution in [2.45, 2.75) is 72.1 Å². The second kappa shape index (κ2) is 7.00. The van der Waals surface area contributed by atoms with Crippen LogP contribution >= 0.6 is 0 Å².